The zero-order chi connectivity index (χ0) is 14.7. The van der Waals surface area contributed by atoms with Crippen LogP contribution in [0.1, 0.15) is 12.0 Å². The summed E-state index contributed by atoms with van der Waals surface area (Å²) in [4.78, 5) is 2.38. The molecule has 116 valence electrons. The van der Waals surface area contributed by atoms with Crippen molar-refractivity contribution in [2.24, 2.45) is 0 Å². The van der Waals surface area contributed by atoms with Gasteiger partial charge in [-0.25, -0.2) is 0 Å². The Labute approximate surface area is 129 Å². The lowest BCUT2D eigenvalue weighted by Crippen LogP contribution is -2.44. The summed E-state index contributed by atoms with van der Waals surface area (Å²) in [7, 11) is 0. The standard InChI is InChI=1S/C15H21ClN2O3/c16-12-10-13-15(21-9-1-8-20-13)11(14(12)19)2-5-18-6-3-17-4-7-18/h10,17,19H,1-9H2. The predicted molar refractivity (Wildman–Crippen MR) is 81.7 cm³/mol. The summed E-state index contributed by atoms with van der Waals surface area (Å²) < 4.78 is 11.5. The van der Waals surface area contributed by atoms with Gasteiger partial charge in [-0.1, -0.05) is 11.6 Å². The Morgan fingerprint density at radius 2 is 2.00 bits per heavy atom. The number of hydrogen-bond acceptors (Lipinski definition) is 5. The molecule has 5 nitrogen and oxygen atoms in total. The van der Waals surface area contributed by atoms with Crippen LogP contribution in [0.3, 0.4) is 0 Å². The quantitative estimate of drug-likeness (QED) is 0.889. The van der Waals surface area contributed by atoms with Gasteiger partial charge in [-0.15, -0.1) is 0 Å². The van der Waals surface area contributed by atoms with Crippen LogP contribution in [0.15, 0.2) is 6.07 Å². The van der Waals surface area contributed by atoms with E-state index in [0.717, 1.165) is 44.7 Å². The molecule has 2 aliphatic rings. The molecule has 0 atom stereocenters. The van der Waals surface area contributed by atoms with E-state index >= 15 is 0 Å². The highest BCUT2D eigenvalue weighted by Gasteiger charge is 2.22. The molecule has 0 spiro atoms. The summed E-state index contributed by atoms with van der Waals surface area (Å²) in [5.41, 5.74) is 0.762. The largest absolute Gasteiger partial charge is 0.506 e. The first-order valence-corrected chi connectivity index (χ1v) is 7.86. The lowest BCUT2D eigenvalue weighted by atomic mass is 10.1. The summed E-state index contributed by atoms with van der Waals surface area (Å²) in [6.07, 6.45) is 1.54. The molecule has 21 heavy (non-hydrogen) atoms. The summed E-state index contributed by atoms with van der Waals surface area (Å²) in [6, 6.07) is 1.64. The fourth-order valence-corrected chi connectivity index (χ4v) is 2.98. The van der Waals surface area contributed by atoms with Crippen LogP contribution in [-0.4, -0.2) is 55.9 Å². The summed E-state index contributed by atoms with van der Waals surface area (Å²) in [6.45, 7) is 6.19. The number of nitrogens with one attached hydrogen (secondary N) is 1. The topological polar surface area (TPSA) is 54.0 Å². The zero-order valence-electron chi connectivity index (χ0n) is 12.0. The van der Waals surface area contributed by atoms with Gasteiger partial charge in [-0.2, -0.15) is 0 Å². The maximum absolute atomic E-state index is 10.3. The summed E-state index contributed by atoms with van der Waals surface area (Å²) in [5.74, 6) is 1.42. The zero-order valence-corrected chi connectivity index (χ0v) is 12.8. The number of nitrogens with zero attached hydrogens (tertiary/aromatic N) is 1. The van der Waals surface area contributed by atoms with Gasteiger partial charge in [0.05, 0.1) is 18.2 Å². The molecule has 2 heterocycles. The fourth-order valence-electron chi connectivity index (χ4n) is 2.77. The van der Waals surface area contributed by atoms with Crippen molar-refractivity contribution >= 4 is 11.6 Å². The van der Waals surface area contributed by atoms with Crippen molar-refractivity contribution in [3.8, 4) is 17.2 Å². The molecule has 0 aromatic heterocycles. The van der Waals surface area contributed by atoms with Gasteiger partial charge in [0.15, 0.2) is 11.5 Å². The van der Waals surface area contributed by atoms with E-state index in [1.807, 2.05) is 0 Å². The second kappa shape index (κ2) is 6.73. The van der Waals surface area contributed by atoms with Gasteiger partial charge in [-0.05, 0) is 6.42 Å². The van der Waals surface area contributed by atoms with Gasteiger partial charge in [-0.3, -0.25) is 0 Å². The number of halogens is 1. The van der Waals surface area contributed by atoms with Crippen molar-refractivity contribution in [3.05, 3.63) is 16.7 Å². The third-order valence-electron chi connectivity index (χ3n) is 3.95. The van der Waals surface area contributed by atoms with E-state index in [9.17, 15) is 5.11 Å². The number of ether oxygens (including phenoxy) is 2. The first kappa shape index (κ1) is 14.8. The summed E-state index contributed by atoms with van der Waals surface area (Å²) >= 11 is 6.12. The smallest absolute Gasteiger partial charge is 0.168 e. The Morgan fingerprint density at radius 1 is 1.24 bits per heavy atom. The molecule has 1 saturated heterocycles. The number of aromatic hydroxyl groups is 1. The molecule has 3 rings (SSSR count). The minimum absolute atomic E-state index is 0.121. The van der Waals surface area contributed by atoms with Gasteiger partial charge >= 0.3 is 0 Å². The fraction of sp³-hybridized carbons (Fsp3) is 0.600. The number of fused-ring (bicyclic) bond motifs is 1. The highest BCUT2D eigenvalue weighted by atomic mass is 35.5. The Bertz CT molecular complexity index is 504. The average molecular weight is 313 g/mol. The van der Waals surface area contributed by atoms with Gasteiger partial charge in [0, 0.05) is 50.8 Å². The first-order chi connectivity index (χ1) is 10.3. The number of piperazine rings is 1. The normalized spacial score (nSPS) is 19.3. The molecule has 2 N–H and O–H groups in total. The van der Waals surface area contributed by atoms with E-state index < -0.39 is 0 Å². The van der Waals surface area contributed by atoms with Crippen molar-refractivity contribution in [1.29, 1.82) is 0 Å². The van der Waals surface area contributed by atoms with Crippen LogP contribution in [-0.2, 0) is 6.42 Å². The van der Waals surface area contributed by atoms with E-state index in [1.165, 1.54) is 0 Å². The monoisotopic (exact) mass is 312 g/mol. The highest BCUT2D eigenvalue weighted by molar-refractivity contribution is 6.32. The molecular formula is C15H21ClN2O3. The molecule has 0 aliphatic carbocycles. The second-order valence-electron chi connectivity index (χ2n) is 5.40. The Balaban J connectivity index is 1.80. The lowest BCUT2D eigenvalue weighted by Gasteiger charge is -2.27. The van der Waals surface area contributed by atoms with Crippen molar-refractivity contribution in [1.82, 2.24) is 10.2 Å². The second-order valence-corrected chi connectivity index (χ2v) is 5.81. The third kappa shape index (κ3) is 3.36. The van der Waals surface area contributed by atoms with Crippen molar-refractivity contribution in [2.45, 2.75) is 12.8 Å². The Hall–Kier alpha value is -1.17. The van der Waals surface area contributed by atoms with Gasteiger partial charge in [0.1, 0.15) is 5.75 Å². The minimum Gasteiger partial charge on any atom is -0.506 e. The summed E-state index contributed by atoms with van der Waals surface area (Å²) in [5, 5.41) is 13.9. The molecule has 0 saturated carbocycles. The minimum atomic E-state index is 0.121. The molecule has 1 fully saturated rings. The van der Waals surface area contributed by atoms with Gasteiger partial charge in [0.2, 0.25) is 0 Å². The lowest BCUT2D eigenvalue weighted by molar-refractivity contribution is 0.241. The Morgan fingerprint density at radius 3 is 2.81 bits per heavy atom. The number of benzene rings is 1. The predicted octanol–water partition coefficient (Wildman–Crippen LogP) is 1.65. The molecule has 2 aliphatic heterocycles. The first-order valence-electron chi connectivity index (χ1n) is 7.48. The Kier molecular flexibility index (Phi) is 4.73. The van der Waals surface area contributed by atoms with Crippen LogP contribution in [0, 0.1) is 0 Å². The highest BCUT2D eigenvalue weighted by Crippen LogP contribution is 2.43. The van der Waals surface area contributed by atoms with Crippen LogP contribution in [0.2, 0.25) is 5.02 Å². The van der Waals surface area contributed by atoms with E-state index in [0.29, 0.717) is 36.2 Å². The van der Waals surface area contributed by atoms with Crippen LogP contribution in [0.25, 0.3) is 0 Å². The number of hydrogen-bond donors (Lipinski definition) is 2. The number of rotatable bonds is 3. The molecule has 0 bridgehead atoms. The van der Waals surface area contributed by atoms with Crippen LogP contribution >= 0.6 is 11.6 Å². The molecule has 1 aromatic carbocycles. The van der Waals surface area contributed by atoms with Crippen LogP contribution in [0.5, 0.6) is 17.2 Å². The van der Waals surface area contributed by atoms with Crippen LogP contribution in [0.4, 0.5) is 0 Å². The maximum atomic E-state index is 10.3. The van der Waals surface area contributed by atoms with Crippen LogP contribution < -0.4 is 14.8 Å². The SMILES string of the molecule is Oc1c(Cl)cc2c(c1CCN1CCNCC1)OCCCO2. The maximum Gasteiger partial charge on any atom is 0.168 e. The van der Waals surface area contributed by atoms with Gasteiger partial charge < -0.3 is 24.8 Å². The van der Waals surface area contributed by atoms with Crippen molar-refractivity contribution in [3.63, 3.8) is 0 Å². The third-order valence-corrected chi connectivity index (χ3v) is 4.24. The van der Waals surface area contributed by atoms with E-state index in [4.69, 9.17) is 21.1 Å². The molecular weight excluding hydrogens is 292 g/mol. The van der Waals surface area contributed by atoms with E-state index in [1.54, 1.807) is 6.07 Å². The molecule has 0 amide bonds. The number of phenolic OH excluding ortho intramolecular Hbond substituents is 1. The molecule has 0 radical (unpaired) electrons. The molecule has 1 aromatic rings. The molecule has 0 unspecified atom stereocenters. The van der Waals surface area contributed by atoms with E-state index in [2.05, 4.69) is 10.2 Å². The van der Waals surface area contributed by atoms with Crippen molar-refractivity contribution < 1.29 is 14.6 Å². The van der Waals surface area contributed by atoms with Gasteiger partial charge in [0.25, 0.3) is 0 Å². The van der Waals surface area contributed by atoms with E-state index in [-0.39, 0.29) is 5.75 Å². The molecule has 6 heteroatoms. The van der Waals surface area contributed by atoms with Crippen molar-refractivity contribution in [2.75, 3.05) is 45.9 Å². The number of phenols is 1. The average Bonchev–Trinajstić information content (AvgIpc) is 2.74.